The Balaban J connectivity index is 1.53. The molecule has 0 spiro atoms. The third-order valence-corrected chi connectivity index (χ3v) is 5.02. The van der Waals surface area contributed by atoms with Crippen LogP contribution in [0.3, 0.4) is 0 Å². The van der Waals surface area contributed by atoms with Gasteiger partial charge >= 0.3 is 5.69 Å². The molecule has 11 heteroatoms. The molecule has 4 aromatic rings. The van der Waals surface area contributed by atoms with E-state index in [1.807, 2.05) is 29.0 Å². The van der Waals surface area contributed by atoms with Crippen molar-refractivity contribution in [1.29, 1.82) is 0 Å². The molecule has 0 aliphatic carbocycles. The van der Waals surface area contributed by atoms with Crippen LogP contribution in [0.25, 0.3) is 11.2 Å². The van der Waals surface area contributed by atoms with Crippen LogP contribution in [0.5, 0.6) is 5.75 Å². The van der Waals surface area contributed by atoms with Crippen molar-refractivity contribution in [2.24, 2.45) is 7.05 Å². The van der Waals surface area contributed by atoms with Gasteiger partial charge in [-0.1, -0.05) is 18.2 Å². The van der Waals surface area contributed by atoms with Crippen LogP contribution in [0.4, 0.5) is 5.95 Å². The van der Waals surface area contributed by atoms with Crippen molar-refractivity contribution in [1.82, 2.24) is 28.7 Å². The number of nitrogens with zero attached hydrogens (tertiary/aromatic N) is 5. The Morgan fingerprint density at radius 2 is 2.06 bits per heavy atom. The molecule has 3 N–H and O–H groups in total. The molecule has 168 valence electrons. The first-order valence-electron chi connectivity index (χ1n) is 10.3. The normalized spacial score (nSPS) is 12.2. The summed E-state index contributed by atoms with van der Waals surface area (Å²) in [6.07, 6.45) is 5.23. The van der Waals surface area contributed by atoms with Gasteiger partial charge in [0.05, 0.1) is 12.9 Å². The molecule has 0 bridgehead atoms. The quantitative estimate of drug-likeness (QED) is 0.308. The van der Waals surface area contributed by atoms with Crippen LogP contribution >= 0.6 is 0 Å². The molecular formula is C21H25N7O4. The van der Waals surface area contributed by atoms with Crippen LogP contribution in [-0.2, 0) is 20.1 Å². The number of benzene rings is 1. The number of anilines is 1. The molecule has 32 heavy (non-hydrogen) atoms. The molecule has 0 radical (unpaired) electrons. The number of aromatic amines is 1. The van der Waals surface area contributed by atoms with E-state index in [2.05, 4.69) is 20.3 Å². The predicted molar refractivity (Wildman–Crippen MR) is 119 cm³/mol. The fraction of sp³-hybridized carbons (Fsp3) is 0.333. The zero-order valence-electron chi connectivity index (χ0n) is 17.6. The van der Waals surface area contributed by atoms with E-state index in [0.29, 0.717) is 18.2 Å². The highest BCUT2D eigenvalue weighted by Crippen LogP contribution is 2.17. The van der Waals surface area contributed by atoms with Crippen LogP contribution in [0.1, 0.15) is 6.42 Å². The number of nitrogens with one attached hydrogen (secondary N) is 2. The van der Waals surface area contributed by atoms with E-state index in [9.17, 15) is 14.7 Å². The van der Waals surface area contributed by atoms with Gasteiger partial charge in [0.2, 0.25) is 5.95 Å². The lowest BCUT2D eigenvalue weighted by Crippen LogP contribution is -2.31. The lowest BCUT2D eigenvalue weighted by atomic mass is 10.3. The number of imidazole rings is 2. The summed E-state index contributed by atoms with van der Waals surface area (Å²) in [5.41, 5.74) is -0.653. The molecule has 4 rings (SSSR count). The van der Waals surface area contributed by atoms with Gasteiger partial charge in [-0.25, -0.2) is 9.78 Å². The number of H-pyrrole nitrogens is 1. The van der Waals surface area contributed by atoms with Crippen molar-refractivity contribution >= 4 is 17.1 Å². The fourth-order valence-electron chi connectivity index (χ4n) is 3.40. The van der Waals surface area contributed by atoms with E-state index < -0.39 is 17.4 Å². The lowest BCUT2D eigenvalue weighted by Gasteiger charge is -2.16. The average molecular weight is 439 g/mol. The number of rotatable bonds is 10. The maximum Gasteiger partial charge on any atom is 0.329 e. The van der Waals surface area contributed by atoms with Gasteiger partial charge < -0.3 is 24.3 Å². The maximum atomic E-state index is 12.6. The molecule has 1 atom stereocenters. The topological polar surface area (TPSA) is 132 Å². The number of hydrogen-bond acceptors (Lipinski definition) is 7. The Labute approximate surface area is 182 Å². The summed E-state index contributed by atoms with van der Waals surface area (Å²) < 4.78 is 10.5. The van der Waals surface area contributed by atoms with Crippen molar-refractivity contribution in [2.45, 2.75) is 25.6 Å². The average Bonchev–Trinajstić information content (AvgIpc) is 3.43. The number of aromatic nitrogens is 6. The van der Waals surface area contributed by atoms with Crippen molar-refractivity contribution in [3.8, 4) is 5.75 Å². The first-order chi connectivity index (χ1) is 15.5. The summed E-state index contributed by atoms with van der Waals surface area (Å²) in [7, 11) is 1.54. The standard InChI is InChI=1S/C21H25N7O4/c1-26-18-17(19(30)25-21(26)31)28(12-15(29)13-32-16-6-3-2-4-7-16)20(24-18)23-8-5-10-27-11-9-22-14-27/h2-4,6-7,9,11,14-15,29H,5,8,10,12-13H2,1H3,(H,23,24)(H,25,30,31). The van der Waals surface area contributed by atoms with Gasteiger partial charge in [-0.15, -0.1) is 0 Å². The molecule has 0 amide bonds. The summed E-state index contributed by atoms with van der Waals surface area (Å²) >= 11 is 0. The first-order valence-corrected chi connectivity index (χ1v) is 10.3. The number of para-hydroxylation sites is 1. The minimum atomic E-state index is -0.907. The predicted octanol–water partition coefficient (Wildman–Crippen LogP) is 0.562. The summed E-state index contributed by atoms with van der Waals surface area (Å²) in [5, 5.41) is 13.8. The van der Waals surface area contributed by atoms with Gasteiger partial charge in [0.25, 0.3) is 5.56 Å². The van der Waals surface area contributed by atoms with Gasteiger partial charge in [-0.3, -0.25) is 14.3 Å². The maximum absolute atomic E-state index is 12.6. The molecule has 0 saturated heterocycles. The third-order valence-electron chi connectivity index (χ3n) is 5.02. The number of ether oxygens (including phenoxy) is 1. The van der Waals surface area contributed by atoms with Gasteiger partial charge in [-0.2, -0.15) is 4.98 Å². The molecule has 0 aliphatic rings. The van der Waals surface area contributed by atoms with Crippen LogP contribution < -0.4 is 21.3 Å². The minimum Gasteiger partial charge on any atom is -0.491 e. The highest BCUT2D eigenvalue weighted by molar-refractivity contribution is 5.74. The molecule has 0 aliphatic heterocycles. The number of aliphatic hydroxyl groups is 1. The minimum absolute atomic E-state index is 0.0351. The molecule has 11 nitrogen and oxygen atoms in total. The van der Waals surface area contributed by atoms with Crippen LogP contribution in [0.2, 0.25) is 0 Å². The monoisotopic (exact) mass is 439 g/mol. The first kappa shape index (κ1) is 21.4. The van der Waals surface area contributed by atoms with E-state index in [4.69, 9.17) is 4.74 Å². The fourth-order valence-corrected chi connectivity index (χ4v) is 3.40. The van der Waals surface area contributed by atoms with Gasteiger partial charge in [0.15, 0.2) is 11.2 Å². The van der Waals surface area contributed by atoms with Crippen molar-refractivity contribution < 1.29 is 9.84 Å². The summed E-state index contributed by atoms with van der Waals surface area (Å²) in [6.45, 7) is 1.44. The second-order valence-corrected chi connectivity index (χ2v) is 7.40. The molecule has 1 unspecified atom stereocenters. The Hall–Kier alpha value is -3.86. The number of hydrogen-bond donors (Lipinski definition) is 3. The summed E-state index contributed by atoms with van der Waals surface area (Å²) in [6, 6.07) is 9.16. The van der Waals surface area contributed by atoms with Crippen LogP contribution in [0, 0.1) is 0 Å². The second-order valence-electron chi connectivity index (χ2n) is 7.40. The third kappa shape index (κ3) is 4.72. The van der Waals surface area contributed by atoms with E-state index in [1.54, 1.807) is 29.2 Å². The van der Waals surface area contributed by atoms with E-state index in [0.717, 1.165) is 13.0 Å². The Kier molecular flexibility index (Phi) is 6.36. The van der Waals surface area contributed by atoms with Crippen LogP contribution in [0.15, 0.2) is 58.6 Å². The van der Waals surface area contributed by atoms with Gasteiger partial charge in [-0.05, 0) is 18.6 Å². The molecule has 1 aromatic carbocycles. The number of aliphatic hydroxyl groups excluding tert-OH is 1. The Bertz CT molecular complexity index is 1280. The van der Waals surface area contributed by atoms with E-state index in [1.165, 1.54) is 11.6 Å². The van der Waals surface area contributed by atoms with E-state index in [-0.39, 0.29) is 24.3 Å². The van der Waals surface area contributed by atoms with Gasteiger partial charge in [0, 0.05) is 32.5 Å². The lowest BCUT2D eigenvalue weighted by molar-refractivity contribution is 0.0938. The Morgan fingerprint density at radius 1 is 1.25 bits per heavy atom. The largest absolute Gasteiger partial charge is 0.491 e. The molecule has 3 aromatic heterocycles. The van der Waals surface area contributed by atoms with Crippen molar-refractivity contribution in [2.75, 3.05) is 18.5 Å². The van der Waals surface area contributed by atoms with Crippen molar-refractivity contribution in [3.05, 3.63) is 69.9 Å². The SMILES string of the molecule is Cn1c(=O)[nH]c(=O)c2c1nc(NCCCn1ccnc1)n2CC(O)COc1ccccc1. The zero-order chi connectivity index (χ0) is 22.5. The van der Waals surface area contributed by atoms with Gasteiger partial charge in [0.1, 0.15) is 18.5 Å². The highest BCUT2D eigenvalue weighted by Gasteiger charge is 2.19. The smallest absolute Gasteiger partial charge is 0.329 e. The summed E-state index contributed by atoms with van der Waals surface area (Å²) in [4.78, 5) is 35.3. The molecule has 3 heterocycles. The van der Waals surface area contributed by atoms with Crippen LogP contribution in [-0.4, -0.2) is 53.0 Å². The van der Waals surface area contributed by atoms with E-state index >= 15 is 0 Å². The summed E-state index contributed by atoms with van der Waals surface area (Å²) in [5.74, 6) is 1.04. The number of fused-ring (bicyclic) bond motifs is 1. The highest BCUT2D eigenvalue weighted by atomic mass is 16.5. The second kappa shape index (κ2) is 9.52. The van der Waals surface area contributed by atoms with Crippen molar-refractivity contribution in [3.63, 3.8) is 0 Å². The zero-order valence-corrected chi connectivity index (χ0v) is 17.6. The molecule has 0 fully saturated rings. The molecular weight excluding hydrogens is 414 g/mol. The number of aryl methyl sites for hydroxylation is 2. The molecule has 0 saturated carbocycles. The Morgan fingerprint density at radius 3 is 2.81 bits per heavy atom.